The van der Waals surface area contributed by atoms with Gasteiger partial charge in [0.05, 0.1) is 5.56 Å². The van der Waals surface area contributed by atoms with Crippen LogP contribution in [0, 0.1) is 0 Å². The number of carbonyl (C=O) groups is 1. The maximum atomic E-state index is 10.3. The maximum Gasteiger partial charge on any atom is 0.335 e. The molecule has 14 heavy (non-hydrogen) atoms. The largest absolute Gasteiger partial charge is 0.504 e. The third-order valence-electron chi connectivity index (χ3n) is 1.32. The van der Waals surface area contributed by atoms with Gasteiger partial charge in [-0.1, -0.05) is 0 Å². The fourth-order valence-corrected chi connectivity index (χ4v) is 0.728. The standard InChI is InChI=1S/C7H6O5.H2O.Zn/c8-4-1-3(7(11)12)2-5(9)6(4)10;;/h1-2,8-10H,(H,11,12);1H2;. The number of carboxylic acids is 1. The summed E-state index contributed by atoms with van der Waals surface area (Å²) in [5.74, 6) is -3.33. The van der Waals surface area contributed by atoms with Gasteiger partial charge in [-0.05, 0) is 12.1 Å². The summed E-state index contributed by atoms with van der Waals surface area (Å²) in [5, 5.41) is 35.0. The van der Waals surface area contributed by atoms with Crippen molar-refractivity contribution >= 4 is 5.97 Å². The molecule has 0 aliphatic heterocycles. The van der Waals surface area contributed by atoms with Crippen molar-refractivity contribution in [1.82, 2.24) is 0 Å². The van der Waals surface area contributed by atoms with Crippen LogP contribution in [0.5, 0.6) is 17.2 Å². The predicted octanol–water partition coefficient (Wildman–Crippen LogP) is -0.326. The third-order valence-corrected chi connectivity index (χ3v) is 1.32. The van der Waals surface area contributed by atoms with E-state index in [2.05, 4.69) is 0 Å². The van der Waals surface area contributed by atoms with E-state index in [4.69, 9.17) is 20.4 Å². The summed E-state index contributed by atoms with van der Waals surface area (Å²) in [6.07, 6.45) is 0. The molecule has 0 amide bonds. The van der Waals surface area contributed by atoms with Crippen LogP contribution in [0.2, 0.25) is 0 Å². The first kappa shape index (κ1) is 15.2. The molecule has 0 spiro atoms. The topological polar surface area (TPSA) is 129 Å². The molecule has 0 bridgehead atoms. The molecule has 0 heterocycles. The van der Waals surface area contributed by atoms with E-state index in [1.807, 2.05) is 0 Å². The zero-order valence-corrected chi connectivity index (χ0v) is 10.0. The van der Waals surface area contributed by atoms with Gasteiger partial charge in [0.2, 0.25) is 0 Å². The third kappa shape index (κ3) is 2.86. The molecule has 0 radical (unpaired) electrons. The molecule has 1 rings (SSSR count). The average molecular weight is 254 g/mol. The van der Waals surface area contributed by atoms with Crippen molar-refractivity contribution in [2.24, 2.45) is 0 Å². The van der Waals surface area contributed by atoms with E-state index < -0.39 is 23.2 Å². The Kier molecular flexibility index (Phi) is 5.86. The van der Waals surface area contributed by atoms with Gasteiger partial charge in [0.25, 0.3) is 0 Å². The molecule has 0 unspecified atom stereocenters. The van der Waals surface area contributed by atoms with Crippen molar-refractivity contribution in [3.8, 4) is 17.2 Å². The van der Waals surface area contributed by atoms with Crippen LogP contribution in [-0.2, 0) is 19.5 Å². The van der Waals surface area contributed by atoms with Crippen LogP contribution in [0.1, 0.15) is 10.4 Å². The van der Waals surface area contributed by atoms with Gasteiger partial charge in [0.15, 0.2) is 17.2 Å². The molecular formula is C7H8O6Zn. The number of phenolic OH excluding ortho intramolecular Hbond substituents is 3. The molecule has 0 atom stereocenters. The molecule has 0 saturated carbocycles. The summed E-state index contributed by atoms with van der Waals surface area (Å²) in [5.41, 5.74) is -0.289. The van der Waals surface area contributed by atoms with E-state index in [0.717, 1.165) is 12.1 Å². The van der Waals surface area contributed by atoms with E-state index >= 15 is 0 Å². The SMILES string of the molecule is O.O=C(O)c1cc(O)c(O)c(O)c1.[Zn]. The summed E-state index contributed by atoms with van der Waals surface area (Å²) in [6, 6.07) is 1.69. The van der Waals surface area contributed by atoms with Crippen molar-refractivity contribution in [1.29, 1.82) is 0 Å². The summed E-state index contributed by atoms with van der Waals surface area (Å²) < 4.78 is 0. The van der Waals surface area contributed by atoms with Gasteiger partial charge in [0.1, 0.15) is 0 Å². The van der Waals surface area contributed by atoms with Crippen molar-refractivity contribution in [3.63, 3.8) is 0 Å². The van der Waals surface area contributed by atoms with Gasteiger partial charge in [-0.3, -0.25) is 0 Å². The number of benzene rings is 1. The second-order valence-corrected chi connectivity index (χ2v) is 2.17. The minimum absolute atomic E-state index is 0. The molecule has 6 N–H and O–H groups in total. The molecule has 74 valence electrons. The summed E-state index contributed by atoms with van der Waals surface area (Å²) in [6.45, 7) is 0. The van der Waals surface area contributed by atoms with Gasteiger partial charge in [-0.25, -0.2) is 4.79 Å². The van der Waals surface area contributed by atoms with Crippen LogP contribution in [0.3, 0.4) is 0 Å². The van der Waals surface area contributed by atoms with Gasteiger partial charge >= 0.3 is 5.97 Å². The average Bonchev–Trinajstić information content (AvgIpc) is 1.99. The van der Waals surface area contributed by atoms with Crippen LogP contribution < -0.4 is 0 Å². The molecule has 0 saturated heterocycles. The van der Waals surface area contributed by atoms with Gasteiger partial charge in [-0.2, -0.15) is 0 Å². The Morgan fingerprint density at radius 1 is 1.07 bits per heavy atom. The Labute approximate surface area is 91.5 Å². The van der Waals surface area contributed by atoms with Crippen LogP contribution in [-0.4, -0.2) is 31.9 Å². The number of phenols is 3. The fraction of sp³-hybridized carbons (Fsp3) is 0. The Morgan fingerprint density at radius 3 is 1.71 bits per heavy atom. The van der Waals surface area contributed by atoms with E-state index in [-0.39, 0.29) is 30.5 Å². The van der Waals surface area contributed by atoms with E-state index in [1.165, 1.54) is 0 Å². The number of aromatic carboxylic acids is 1. The Bertz CT molecular complexity index is 314. The first-order valence-electron chi connectivity index (χ1n) is 3.00. The smallest absolute Gasteiger partial charge is 0.335 e. The second-order valence-electron chi connectivity index (χ2n) is 2.17. The molecule has 1 aromatic rings. The molecule has 1 aromatic carbocycles. The number of carboxylic acid groups (broad SMARTS) is 1. The zero-order valence-electron chi connectivity index (χ0n) is 7.06. The Morgan fingerprint density at radius 2 is 1.43 bits per heavy atom. The first-order valence-corrected chi connectivity index (χ1v) is 3.00. The normalized spacial score (nSPS) is 8.29. The van der Waals surface area contributed by atoms with Crippen molar-refractivity contribution < 1.29 is 50.2 Å². The summed E-state index contributed by atoms with van der Waals surface area (Å²) in [7, 11) is 0. The van der Waals surface area contributed by atoms with Gasteiger partial charge in [-0.15, -0.1) is 0 Å². The minimum Gasteiger partial charge on any atom is -0.504 e. The molecule has 6 nitrogen and oxygen atoms in total. The van der Waals surface area contributed by atoms with Crippen LogP contribution >= 0.6 is 0 Å². The Hall–Kier alpha value is -1.33. The predicted molar refractivity (Wildman–Crippen MR) is 42.0 cm³/mol. The van der Waals surface area contributed by atoms with E-state index in [0.29, 0.717) is 0 Å². The fourth-order valence-electron chi connectivity index (χ4n) is 0.728. The molecule has 7 heteroatoms. The molecule has 0 aromatic heterocycles. The Balaban J connectivity index is 0. The quantitative estimate of drug-likeness (QED) is 0.402. The zero-order chi connectivity index (χ0) is 9.30. The number of rotatable bonds is 1. The molecule has 0 fully saturated rings. The van der Waals surface area contributed by atoms with Crippen LogP contribution in [0.4, 0.5) is 0 Å². The van der Waals surface area contributed by atoms with E-state index in [1.54, 1.807) is 0 Å². The van der Waals surface area contributed by atoms with Crippen molar-refractivity contribution in [2.75, 3.05) is 0 Å². The summed E-state index contributed by atoms with van der Waals surface area (Å²) in [4.78, 5) is 10.3. The molecular weight excluding hydrogens is 245 g/mol. The summed E-state index contributed by atoms with van der Waals surface area (Å²) >= 11 is 0. The molecule has 0 aliphatic carbocycles. The van der Waals surface area contributed by atoms with Gasteiger partial charge < -0.3 is 25.9 Å². The van der Waals surface area contributed by atoms with E-state index in [9.17, 15) is 4.79 Å². The minimum atomic E-state index is -1.29. The van der Waals surface area contributed by atoms with Crippen molar-refractivity contribution in [2.45, 2.75) is 0 Å². The number of aromatic hydroxyl groups is 3. The molecule has 0 aliphatic rings. The maximum absolute atomic E-state index is 10.3. The van der Waals surface area contributed by atoms with Crippen LogP contribution in [0.15, 0.2) is 12.1 Å². The number of hydrogen-bond donors (Lipinski definition) is 4. The second kappa shape index (κ2) is 5.41. The van der Waals surface area contributed by atoms with Gasteiger partial charge in [0, 0.05) is 19.5 Å². The monoisotopic (exact) mass is 252 g/mol. The van der Waals surface area contributed by atoms with Crippen LogP contribution in [0.25, 0.3) is 0 Å². The number of hydrogen-bond acceptors (Lipinski definition) is 4. The van der Waals surface area contributed by atoms with Crippen molar-refractivity contribution in [3.05, 3.63) is 17.7 Å². The first-order chi connectivity index (χ1) is 5.52.